The quantitative estimate of drug-likeness (QED) is 0.638. The number of aryl methyl sites for hydroxylation is 1. The molecule has 0 unspecified atom stereocenters. The summed E-state index contributed by atoms with van der Waals surface area (Å²) in [5.41, 5.74) is 7.19. The molecular weight excluding hydrogens is 372 g/mol. The number of nitrogens with zero attached hydrogens (tertiary/aromatic N) is 2. The molecule has 2 heterocycles. The minimum Gasteiger partial charge on any atom is -0.508 e. The van der Waals surface area contributed by atoms with E-state index in [9.17, 15) is 9.90 Å². The van der Waals surface area contributed by atoms with E-state index in [1.807, 2.05) is 42.2 Å². The van der Waals surface area contributed by atoms with Crippen LogP contribution in [0, 0.1) is 6.92 Å². The van der Waals surface area contributed by atoms with Crippen molar-refractivity contribution in [3.8, 4) is 16.9 Å². The third kappa shape index (κ3) is 3.82. The van der Waals surface area contributed by atoms with E-state index in [1.165, 1.54) is 16.7 Å². The van der Waals surface area contributed by atoms with Crippen molar-refractivity contribution in [3.63, 3.8) is 0 Å². The number of hydrogen-bond acceptors (Lipinski definition) is 3. The molecule has 0 saturated carbocycles. The van der Waals surface area contributed by atoms with Gasteiger partial charge in [-0.15, -0.1) is 0 Å². The van der Waals surface area contributed by atoms with E-state index in [-0.39, 0.29) is 11.3 Å². The predicted molar refractivity (Wildman–Crippen MR) is 120 cm³/mol. The number of phenols is 1. The monoisotopic (exact) mass is 400 g/mol. The number of fused-ring (bicyclic) bond motifs is 1. The molecule has 0 fully saturated rings. The highest BCUT2D eigenvalue weighted by Crippen LogP contribution is 2.33. The third-order valence-electron chi connectivity index (χ3n) is 5.84. The maximum atomic E-state index is 13.1. The maximum Gasteiger partial charge on any atom is 0.255 e. The highest BCUT2D eigenvalue weighted by molar-refractivity contribution is 5.94. The van der Waals surface area contributed by atoms with Gasteiger partial charge in [-0.2, -0.15) is 0 Å². The second-order valence-electron chi connectivity index (χ2n) is 9.10. The summed E-state index contributed by atoms with van der Waals surface area (Å²) in [5.74, 6) is 0.339. The van der Waals surface area contributed by atoms with Gasteiger partial charge in [0, 0.05) is 30.4 Å². The SMILES string of the molecule is Cc1cc(-c2cccc3c2CCN(C(=O)c2ccc(C(C)(C)C)nc2)C3)ccc1O. The number of aromatic hydroxyl groups is 1. The minimum absolute atomic E-state index is 0.0273. The van der Waals surface area contributed by atoms with Gasteiger partial charge in [0.2, 0.25) is 0 Å². The lowest BCUT2D eigenvalue weighted by Gasteiger charge is -2.30. The summed E-state index contributed by atoms with van der Waals surface area (Å²) < 4.78 is 0. The lowest BCUT2D eigenvalue weighted by molar-refractivity contribution is 0.0734. The number of carbonyl (C=O) groups excluding carboxylic acids is 1. The maximum absolute atomic E-state index is 13.1. The van der Waals surface area contributed by atoms with E-state index < -0.39 is 0 Å². The fourth-order valence-electron chi connectivity index (χ4n) is 4.02. The lowest BCUT2D eigenvalue weighted by atomic mass is 9.89. The smallest absolute Gasteiger partial charge is 0.255 e. The van der Waals surface area contributed by atoms with Crippen LogP contribution in [0.2, 0.25) is 0 Å². The van der Waals surface area contributed by atoms with E-state index in [4.69, 9.17) is 0 Å². The molecule has 1 aliphatic rings. The zero-order valence-corrected chi connectivity index (χ0v) is 18.1. The van der Waals surface area contributed by atoms with Crippen LogP contribution >= 0.6 is 0 Å². The molecule has 30 heavy (non-hydrogen) atoms. The van der Waals surface area contributed by atoms with Gasteiger partial charge in [-0.05, 0) is 65.4 Å². The van der Waals surface area contributed by atoms with Gasteiger partial charge < -0.3 is 10.0 Å². The van der Waals surface area contributed by atoms with Crippen LogP contribution in [0.1, 0.15) is 53.5 Å². The first-order valence-electron chi connectivity index (χ1n) is 10.4. The van der Waals surface area contributed by atoms with Crippen LogP contribution in [-0.2, 0) is 18.4 Å². The number of amides is 1. The van der Waals surface area contributed by atoms with E-state index in [0.717, 1.165) is 23.2 Å². The van der Waals surface area contributed by atoms with Crippen LogP contribution in [0.4, 0.5) is 0 Å². The molecule has 3 aromatic rings. The highest BCUT2D eigenvalue weighted by atomic mass is 16.3. The molecule has 1 N–H and O–H groups in total. The highest BCUT2D eigenvalue weighted by Gasteiger charge is 2.24. The molecule has 2 aromatic carbocycles. The molecule has 4 nitrogen and oxygen atoms in total. The summed E-state index contributed by atoms with van der Waals surface area (Å²) in [6, 6.07) is 15.8. The van der Waals surface area contributed by atoms with Crippen LogP contribution in [0.5, 0.6) is 5.75 Å². The van der Waals surface area contributed by atoms with Crippen LogP contribution in [-0.4, -0.2) is 27.4 Å². The van der Waals surface area contributed by atoms with Crippen molar-refractivity contribution < 1.29 is 9.90 Å². The topological polar surface area (TPSA) is 53.4 Å². The second-order valence-corrected chi connectivity index (χ2v) is 9.10. The van der Waals surface area contributed by atoms with E-state index in [2.05, 4.69) is 37.9 Å². The van der Waals surface area contributed by atoms with E-state index >= 15 is 0 Å². The average molecular weight is 401 g/mol. The van der Waals surface area contributed by atoms with Gasteiger partial charge in [0.1, 0.15) is 5.75 Å². The first-order chi connectivity index (χ1) is 14.2. The van der Waals surface area contributed by atoms with Crippen LogP contribution < -0.4 is 0 Å². The Morgan fingerprint density at radius 3 is 2.57 bits per heavy atom. The Balaban J connectivity index is 1.58. The van der Waals surface area contributed by atoms with Gasteiger partial charge in [0.15, 0.2) is 0 Å². The number of carbonyl (C=O) groups is 1. The zero-order chi connectivity index (χ0) is 21.5. The second kappa shape index (κ2) is 7.60. The molecule has 0 radical (unpaired) electrons. The van der Waals surface area contributed by atoms with Crippen molar-refractivity contribution in [2.75, 3.05) is 6.54 Å². The number of phenolic OH excluding ortho intramolecular Hbond substituents is 1. The molecule has 4 rings (SSSR count). The summed E-state index contributed by atoms with van der Waals surface area (Å²) in [7, 11) is 0. The standard InChI is InChI=1S/C26H28N2O2/c1-17-14-18(8-10-23(17)29)21-7-5-6-20-16-28(13-12-22(20)21)25(30)19-9-11-24(27-15-19)26(2,3)4/h5-11,14-15,29H,12-13,16H2,1-4H3. The van der Waals surface area contributed by atoms with Crippen molar-refractivity contribution in [1.82, 2.24) is 9.88 Å². The van der Waals surface area contributed by atoms with E-state index in [1.54, 1.807) is 12.3 Å². The first-order valence-corrected chi connectivity index (χ1v) is 10.4. The molecule has 0 atom stereocenters. The number of benzene rings is 2. The van der Waals surface area contributed by atoms with Crippen LogP contribution in [0.15, 0.2) is 54.7 Å². The Morgan fingerprint density at radius 2 is 1.90 bits per heavy atom. The van der Waals surface area contributed by atoms with Crippen LogP contribution in [0.25, 0.3) is 11.1 Å². The summed E-state index contributed by atoms with van der Waals surface area (Å²) in [5, 5.41) is 9.85. The number of hydrogen-bond donors (Lipinski definition) is 1. The Kier molecular flexibility index (Phi) is 5.10. The summed E-state index contributed by atoms with van der Waals surface area (Å²) in [6.07, 6.45) is 2.51. The van der Waals surface area contributed by atoms with Crippen LogP contribution in [0.3, 0.4) is 0 Å². The molecule has 1 amide bonds. The van der Waals surface area contributed by atoms with Gasteiger partial charge in [0.05, 0.1) is 5.56 Å². The fourth-order valence-corrected chi connectivity index (χ4v) is 4.02. The molecule has 0 spiro atoms. The Bertz CT molecular complexity index is 1100. The Hall–Kier alpha value is -3.14. The first kappa shape index (κ1) is 20.1. The largest absolute Gasteiger partial charge is 0.508 e. The summed E-state index contributed by atoms with van der Waals surface area (Å²) in [6.45, 7) is 9.54. The minimum atomic E-state index is -0.0331. The molecule has 1 aromatic heterocycles. The van der Waals surface area contributed by atoms with Gasteiger partial charge >= 0.3 is 0 Å². The molecular formula is C26H28N2O2. The number of aromatic nitrogens is 1. The number of rotatable bonds is 2. The Labute approximate surface area is 178 Å². The predicted octanol–water partition coefficient (Wildman–Crippen LogP) is 5.26. The third-order valence-corrected chi connectivity index (χ3v) is 5.84. The summed E-state index contributed by atoms with van der Waals surface area (Å²) in [4.78, 5) is 19.5. The van der Waals surface area contributed by atoms with Gasteiger partial charge in [-0.3, -0.25) is 9.78 Å². The molecule has 0 bridgehead atoms. The van der Waals surface area contributed by atoms with Gasteiger partial charge in [-0.25, -0.2) is 0 Å². The fraction of sp³-hybridized carbons (Fsp3) is 0.308. The molecule has 4 heteroatoms. The average Bonchev–Trinajstić information content (AvgIpc) is 2.74. The lowest BCUT2D eigenvalue weighted by Crippen LogP contribution is -2.36. The molecule has 0 saturated heterocycles. The van der Waals surface area contributed by atoms with Crippen molar-refractivity contribution in [1.29, 1.82) is 0 Å². The normalized spacial score (nSPS) is 13.8. The van der Waals surface area contributed by atoms with Crippen molar-refractivity contribution in [2.45, 2.75) is 46.1 Å². The van der Waals surface area contributed by atoms with Crippen molar-refractivity contribution in [2.24, 2.45) is 0 Å². The molecule has 154 valence electrons. The van der Waals surface area contributed by atoms with Crippen molar-refractivity contribution in [3.05, 3.63) is 82.7 Å². The molecule has 1 aliphatic heterocycles. The van der Waals surface area contributed by atoms with E-state index in [0.29, 0.717) is 24.4 Å². The zero-order valence-electron chi connectivity index (χ0n) is 18.1. The number of pyridine rings is 1. The van der Waals surface area contributed by atoms with Gasteiger partial charge in [0.25, 0.3) is 5.91 Å². The Morgan fingerprint density at radius 1 is 1.10 bits per heavy atom. The summed E-state index contributed by atoms with van der Waals surface area (Å²) >= 11 is 0. The molecule has 0 aliphatic carbocycles. The van der Waals surface area contributed by atoms with Gasteiger partial charge in [-0.1, -0.05) is 45.0 Å². The van der Waals surface area contributed by atoms with Crippen molar-refractivity contribution >= 4 is 5.91 Å².